The first-order valence-corrected chi connectivity index (χ1v) is 6.24. The molecule has 0 saturated carbocycles. The fraction of sp³-hybridized carbons (Fsp3) is 0.429. The second-order valence-corrected chi connectivity index (χ2v) is 4.67. The Labute approximate surface area is 110 Å². The normalized spacial score (nSPS) is 12.3. The molecule has 1 N–H and O–H groups in total. The molecule has 0 spiro atoms. The summed E-state index contributed by atoms with van der Waals surface area (Å²) in [7, 11) is 3.53. The van der Waals surface area contributed by atoms with E-state index in [1.54, 1.807) is 23.9 Å². The molecule has 0 aliphatic heterocycles. The van der Waals surface area contributed by atoms with Gasteiger partial charge >= 0.3 is 6.18 Å². The third-order valence-electron chi connectivity index (χ3n) is 3.26. The van der Waals surface area contributed by atoms with Crippen molar-refractivity contribution in [3.63, 3.8) is 0 Å². The summed E-state index contributed by atoms with van der Waals surface area (Å²) in [5, 5.41) is 3.74. The van der Waals surface area contributed by atoms with Crippen LogP contribution >= 0.6 is 0 Å². The third-order valence-corrected chi connectivity index (χ3v) is 3.26. The van der Waals surface area contributed by atoms with Crippen molar-refractivity contribution in [1.29, 1.82) is 0 Å². The molecule has 1 aromatic heterocycles. The molecular weight excluding hydrogens is 253 g/mol. The summed E-state index contributed by atoms with van der Waals surface area (Å²) < 4.78 is 40.5. The highest BCUT2D eigenvalue weighted by molar-refractivity contribution is 5.87. The fourth-order valence-electron chi connectivity index (χ4n) is 2.43. The molecule has 2 nitrogen and oxygen atoms in total. The molecule has 2 rings (SSSR count). The Morgan fingerprint density at radius 2 is 2.00 bits per heavy atom. The van der Waals surface area contributed by atoms with E-state index in [0.29, 0.717) is 5.39 Å². The van der Waals surface area contributed by atoms with Crippen molar-refractivity contribution >= 4 is 10.9 Å². The maximum atomic E-state index is 13.0. The topological polar surface area (TPSA) is 17.0 Å². The molecule has 2 aromatic rings. The van der Waals surface area contributed by atoms with Gasteiger partial charge < -0.3 is 9.88 Å². The van der Waals surface area contributed by atoms with E-state index in [-0.39, 0.29) is 5.52 Å². The van der Waals surface area contributed by atoms with Crippen LogP contribution in [0.3, 0.4) is 0 Å². The van der Waals surface area contributed by atoms with Gasteiger partial charge in [0.25, 0.3) is 0 Å². The van der Waals surface area contributed by atoms with E-state index < -0.39 is 11.7 Å². The second kappa shape index (κ2) is 5.25. The van der Waals surface area contributed by atoms with Gasteiger partial charge in [0.1, 0.15) is 0 Å². The van der Waals surface area contributed by atoms with Crippen molar-refractivity contribution in [2.45, 2.75) is 19.0 Å². The van der Waals surface area contributed by atoms with Gasteiger partial charge in [-0.15, -0.1) is 0 Å². The summed E-state index contributed by atoms with van der Waals surface area (Å²) in [6.45, 7) is 0.856. The Hall–Kier alpha value is -1.49. The van der Waals surface area contributed by atoms with Gasteiger partial charge in [-0.1, -0.05) is 12.1 Å². The molecule has 0 aliphatic rings. The molecule has 0 amide bonds. The molecule has 0 bridgehead atoms. The number of benzene rings is 1. The maximum absolute atomic E-state index is 13.0. The molecule has 19 heavy (non-hydrogen) atoms. The Morgan fingerprint density at radius 1 is 1.26 bits per heavy atom. The highest BCUT2D eigenvalue weighted by atomic mass is 19.4. The number of nitrogens with zero attached hydrogens (tertiary/aromatic N) is 1. The Bertz CT molecular complexity index is 570. The minimum atomic E-state index is -4.31. The number of alkyl halides is 3. The molecule has 5 heteroatoms. The zero-order valence-corrected chi connectivity index (χ0v) is 11.0. The van der Waals surface area contributed by atoms with Gasteiger partial charge in [0.2, 0.25) is 0 Å². The molecule has 1 heterocycles. The largest absolute Gasteiger partial charge is 0.418 e. The highest BCUT2D eigenvalue weighted by Crippen LogP contribution is 2.36. The minimum Gasteiger partial charge on any atom is -0.350 e. The molecule has 104 valence electrons. The summed E-state index contributed by atoms with van der Waals surface area (Å²) in [4.78, 5) is 0. The van der Waals surface area contributed by atoms with Crippen LogP contribution < -0.4 is 5.32 Å². The standard InChI is InChI=1S/C14H17F3N2/c1-18-8-4-5-10-9-19(2)13-11(10)6-3-7-12(13)14(15,16)17/h3,6-7,9,18H,4-5,8H2,1-2H3. The van der Waals surface area contributed by atoms with Gasteiger partial charge in [-0.05, 0) is 38.1 Å². The molecule has 0 radical (unpaired) electrons. The van der Waals surface area contributed by atoms with Gasteiger partial charge in [0.15, 0.2) is 0 Å². The van der Waals surface area contributed by atoms with E-state index in [4.69, 9.17) is 0 Å². The van der Waals surface area contributed by atoms with Crippen molar-refractivity contribution in [3.8, 4) is 0 Å². The van der Waals surface area contributed by atoms with Crippen LogP contribution in [0.2, 0.25) is 0 Å². The van der Waals surface area contributed by atoms with Crippen molar-refractivity contribution in [2.24, 2.45) is 7.05 Å². The van der Waals surface area contributed by atoms with E-state index in [0.717, 1.165) is 31.0 Å². The number of aryl methyl sites for hydroxylation is 2. The number of nitrogens with one attached hydrogen (secondary N) is 1. The second-order valence-electron chi connectivity index (χ2n) is 4.67. The van der Waals surface area contributed by atoms with E-state index in [2.05, 4.69) is 5.32 Å². The number of aromatic nitrogens is 1. The number of halogens is 3. The Kier molecular flexibility index (Phi) is 3.85. The number of hydrogen-bond donors (Lipinski definition) is 1. The van der Waals surface area contributed by atoms with Crippen LogP contribution in [0.5, 0.6) is 0 Å². The first-order valence-electron chi connectivity index (χ1n) is 6.24. The van der Waals surface area contributed by atoms with Gasteiger partial charge in [-0.3, -0.25) is 0 Å². The van der Waals surface area contributed by atoms with Crippen LogP contribution in [0.4, 0.5) is 13.2 Å². The van der Waals surface area contributed by atoms with E-state index in [1.165, 1.54) is 6.07 Å². The maximum Gasteiger partial charge on any atom is 0.418 e. The summed E-state index contributed by atoms with van der Waals surface area (Å²) >= 11 is 0. The molecule has 0 unspecified atom stereocenters. The predicted octanol–water partition coefficient (Wildman–Crippen LogP) is 3.35. The average Bonchev–Trinajstić information content (AvgIpc) is 2.66. The van der Waals surface area contributed by atoms with E-state index in [1.807, 2.05) is 7.05 Å². The first-order chi connectivity index (χ1) is 8.95. The lowest BCUT2D eigenvalue weighted by molar-refractivity contribution is -0.136. The lowest BCUT2D eigenvalue weighted by atomic mass is 10.1. The monoisotopic (exact) mass is 270 g/mol. The molecule has 0 fully saturated rings. The van der Waals surface area contributed by atoms with Crippen LogP contribution in [-0.2, 0) is 19.6 Å². The minimum absolute atomic E-state index is 0.273. The smallest absolute Gasteiger partial charge is 0.350 e. The Balaban J connectivity index is 2.48. The zero-order valence-electron chi connectivity index (χ0n) is 11.0. The zero-order chi connectivity index (χ0) is 14.0. The van der Waals surface area contributed by atoms with Crippen LogP contribution in [0.15, 0.2) is 24.4 Å². The molecule has 0 atom stereocenters. The van der Waals surface area contributed by atoms with Crippen molar-refractivity contribution < 1.29 is 13.2 Å². The predicted molar refractivity (Wildman–Crippen MR) is 70.2 cm³/mol. The number of fused-ring (bicyclic) bond motifs is 1. The van der Waals surface area contributed by atoms with Crippen LogP contribution in [0.1, 0.15) is 17.5 Å². The first kappa shape index (κ1) is 13.9. The van der Waals surface area contributed by atoms with Crippen LogP contribution in [-0.4, -0.2) is 18.2 Å². The number of rotatable bonds is 4. The SMILES string of the molecule is CNCCCc1cn(C)c2c(C(F)(F)F)cccc12. The highest BCUT2D eigenvalue weighted by Gasteiger charge is 2.33. The van der Waals surface area contributed by atoms with Gasteiger partial charge in [-0.25, -0.2) is 0 Å². The quantitative estimate of drug-likeness (QED) is 0.843. The van der Waals surface area contributed by atoms with Gasteiger partial charge in [0, 0.05) is 18.6 Å². The summed E-state index contributed by atoms with van der Waals surface area (Å²) in [6, 6.07) is 4.38. The van der Waals surface area contributed by atoms with Gasteiger partial charge in [0.05, 0.1) is 11.1 Å². The Morgan fingerprint density at radius 3 is 2.63 bits per heavy atom. The number of hydrogen-bond acceptors (Lipinski definition) is 1. The lowest BCUT2D eigenvalue weighted by Crippen LogP contribution is -2.08. The summed E-state index contributed by atoms with van der Waals surface area (Å²) in [5.41, 5.74) is 0.681. The fourth-order valence-corrected chi connectivity index (χ4v) is 2.43. The molecular formula is C14H17F3N2. The average molecular weight is 270 g/mol. The number of para-hydroxylation sites is 1. The van der Waals surface area contributed by atoms with Crippen molar-refractivity contribution in [2.75, 3.05) is 13.6 Å². The van der Waals surface area contributed by atoms with Crippen molar-refractivity contribution in [3.05, 3.63) is 35.5 Å². The van der Waals surface area contributed by atoms with E-state index in [9.17, 15) is 13.2 Å². The molecule has 1 aromatic carbocycles. The summed E-state index contributed by atoms with van der Waals surface area (Å²) in [5.74, 6) is 0. The molecule has 0 saturated heterocycles. The third kappa shape index (κ3) is 2.76. The van der Waals surface area contributed by atoms with Crippen molar-refractivity contribution in [1.82, 2.24) is 9.88 Å². The lowest BCUT2D eigenvalue weighted by Gasteiger charge is -2.09. The van der Waals surface area contributed by atoms with Crippen LogP contribution in [0.25, 0.3) is 10.9 Å². The van der Waals surface area contributed by atoms with Crippen LogP contribution in [0, 0.1) is 0 Å². The molecule has 0 aliphatic carbocycles. The van der Waals surface area contributed by atoms with E-state index >= 15 is 0 Å². The van der Waals surface area contributed by atoms with Gasteiger partial charge in [-0.2, -0.15) is 13.2 Å². The summed E-state index contributed by atoms with van der Waals surface area (Å²) in [6.07, 6.45) is -0.825.